The van der Waals surface area contributed by atoms with Crippen LogP contribution < -0.4 is 18.9 Å². The Morgan fingerprint density at radius 2 is 1.38 bits per heavy atom. The lowest BCUT2D eigenvalue weighted by molar-refractivity contribution is 0.324. The molecule has 3 aromatic carbocycles. The molecule has 0 aliphatic heterocycles. The maximum Gasteiger partial charge on any atom is 0.203 e. The molecule has 0 saturated carbocycles. The predicted molar refractivity (Wildman–Crippen MR) is 132 cm³/mol. The zero-order valence-corrected chi connectivity index (χ0v) is 20.6. The number of benzene rings is 3. The lowest BCUT2D eigenvalue weighted by atomic mass is 10.0. The minimum Gasteiger partial charge on any atom is -0.504 e. The normalized spacial score (nSPS) is 11.4. The molecule has 0 spiro atoms. The van der Waals surface area contributed by atoms with E-state index >= 15 is 0 Å². The largest absolute Gasteiger partial charge is 0.504 e. The molecule has 0 saturated heterocycles. The third kappa shape index (κ3) is 5.28. The second-order valence-electron chi connectivity index (χ2n) is 7.55. The molecule has 0 bridgehead atoms. The van der Waals surface area contributed by atoms with E-state index in [0.717, 1.165) is 11.1 Å². The van der Waals surface area contributed by atoms with Gasteiger partial charge in [-0.3, -0.25) is 0 Å². The topological polar surface area (TPSA) is 91.3 Å². The summed E-state index contributed by atoms with van der Waals surface area (Å²) in [4.78, 5) is 0.197. The predicted octanol–water partition coefficient (Wildman–Crippen LogP) is 4.88. The Labute approximate surface area is 200 Å². The van der Waals surface area contributed by atoms with Gasteiger partial charge < -0.3 is 24.1 Å². The number of sulfone groups is 1. The fourth-order valence-electron chi connectivity index (χ4n) is 3.57. The molecule has 7 nitrogen and oxygen atoms in total. The Hall–Kier alpha value is -3.65. The molecule has 8 heteroatoms. The lowest BCUT2D eigenvalue weighted by Crippen LogP contribution is -2.08. The monoisotopic (exact) mass is 484 g/mol. The van der Waals surface area contributed by atoms with E-state index in [1.54, 1.807) is 54.6 Å². The quantitative estimate of drug-likeness (QED) is 0.433. The van der Waals surface area contributed by atoms with Crippen molar-refractivity contribution in [2.75, 3.05) is 28.4 Å². The van der Waals surface area contributed by atoms with Gasteiger partial charge in [-0.1, -0.05) is 35.9 Å². The lowest BCUT2D eigenvalue weighted by Gasteiger charge is -2.15. The molecule has 0 radical (unpaired) electrons. The van der Waals surface area contributed by atoms with E-state index in [9.17, 15) is 13.5 Å². The number of hydrogen-bond donors (Lipinski definition) is 1. The van der Waals surface area contributed by atoms with E-state index in [0.29, 0.717) is 28.4 Å². The van der Waals surface area contributed by atoms with Crippen molar-refractivity contribution in [3.05, 3.63) is 70.8 Å². The first kappa shape index (κ1) is 25.0. The first-order valence-electron chi connectivity index (χ1n) is 10.4. The van der Waals surface area contributed by atoms with Gasteiger partial charge in [-0.05, 0) is 48.4 Å². The van der Waals surface area contributed by atoms with Crippen LogP contribution in [0.1, 0.15) is 22.3 Å². The number of rotatable bonds is 9. The maximum absolute atomic E-state index is 13.1. The van der Waals surface area contributed by atoms with Gasteiger partial charge >= 0.3 is 0 Å². The van der Waals surface area contributed by atoms with Crippen LogP contribution in [-0.4, -0.2) is 42.0 Å². The standard InChI is InChI=1S/C26H28O7S/c1-17-6-11-20(12-7-17)34(28,29)16-21-19(10-13-22(27)25(21)32-4)9-8-18-14-23(30-2)26(33-5)24(15-18)31-3/h6-15,27H,16H2,1-5H3/b9-8-. The van der Waals surface area contributed by atoms with Crippen LogP contribution in [0.2, 0.25) is 0 Å². The average molecular weight is 485 g/mol. The number of aryl methyl sites for hydroxylation is 1. The molecular weight excluding hydrogens is 456 g/mol. The molecule has 180 valence electrons. The van der Waals surface area contributed by atoms with Crippen molar-refractivity contribution in [1.82, 2.24) is 0 Å². The summed E-state index contributed by atoms with van der Waals surface area (Å²) in [6.07, 6.45) is 3.54. The van der Waals surface area contributed by atoms with Gasteiger partial charge in [0.15, 0.2) is 32.8 Å². The summed E-state index contributed by atoms with van der Waals surface area (Å²) in [5.74, 6) is 1.09. The molecule has 0 aromatic heterocycles. The van der Waals surface area contributed by atoms with Crippen LogP contribution in [0.3, 0.4) is 0 Å². The molecule has 0 amide bonds. The summed E-state index contributed by atoms with van der Waals surface area (Å²) in [5.41, 5.74) is 2.64. The average Bonchev–Trinajstić information content (AvgIpc) is 2.83. The molecule has 0 heterocycles. The molecule has 0 unspecified atom stereocenters. The Morgan fingerprint density at radius 1 is 0.794 bits per heavy atom. The van der Waals surface area contributed by atoms with Crippen LogP contribution in [0.25, 0.3) is 12.2 Å². The minimum absolute atomic E-state index is 0.114. The van der Waals surface area contributed by atoms with E-state index in [1.165, 1.54) is 34.5 Å². The summed E-state index contributed by atoms with van der Waals surface area (Å²) in [5, 5.41) is 10.3. The molecule has 0 aliphatic carbocycles. The Balaban J connectivity index is 2.07. The third-order valence-corrected chi connectivity index (χ3v) is 7.00. The van der Waals surface area contributed by atoms with Crippen LogP contribution in [0.15, 0.2) is 53.4 Å². The van der Waals surface area contributed by atoms with E-state index in [2.05, 4.69) is 0 Å². The zero-order valence-electron chi connectivity index (χ0n) is 19.8. The van der Waals surface area contributed by atoms with Crippen molar-refractivity contribution < 1.29 is 32.5 Å². The van der Waals surface area contributed by atoms with Gasteiger partial charge in [0, 0.05) is 5.56 Å². The third-order valence-electron chi connectivity index (χ3n) is 5.34. The van der Waals surface area contributed by atoms with Gasteiger partial charge in [-0.15, -0.1) is 0 Å². The molecule has 1 N–H and O–H groups in total. The van der Waals surface area contributed by atoms with Gasteiger partial charge in [-0.25, -0.2) is 8.42 Å². The SMILES string of the molecule is COc1cc(/C=C\c2ccc(O)c(OC)c2CS(=O)(=O)c2ccc(C)cc2)cc(OC)c1OC. The number of ether oxygens (including phenoxy) is 4. The van der Waals surface area contributed by atoms with Crippen molar-refractivity contribution in [2.45, 2.75) is 17.6 Å². The second kappa shape index (κ2) is 10.5. The Morgan fingerprint density at radius 3 is 1.91 bits per heavy atom. The summed E-state index contributed by atoms with van der Waals surface area (Å²) in [6.45, 7) is 1.89. The second-order valence-corrected chi connectivity index (χ2v) is 9.54. The van der Waals surface area contributed by atoms with Gasteiger partial charge in [0.25, 0.3) is 0 Å². The van der Waals surface area contributed by atoms with E-state index in [4.69, 9.17) is 18.9 Å². The highest BCUT2D eigenvalue weighted by Crippen LogP contribution is 2.39. The van der Waals surface area contributed by atoms with Crippen molar-refractivity contribution >= 4 is 22.0 Å². The molecule has 3 rings (SSSR count). The van der Waals surface area contributed by atoms with Crippen LogP contribution in [0.4, 0.5) is 0 Å². The van der Waals surface area contributed by atoms with E-state index in [-0.39, 0.29) is 22.1 Å². The van der Waals surface area contributed by atoms with Crippen LogP contribution in [0, 0.1) is 6.92 Å². The summed E-state index contributed by atoms with van der Waals surface area (Å²) in [6, 6.07) is 13.3. The fraction of sp³-hybridized carbons (Fsp3) is 0.231. The maximum atomic E-state index is 13.1. The van der Waals surface area contributed by atoms with Crippen molar-refractivity contribution in [3.8, 4) is 28.7 Å². The van der Waals surface area contributed by atoms with Crippen molar-refractivity contribution in [1.29, 1.82) is 0 Å². The van der Waals surface area contributed by atoms with E-state index < -0.39 is 9.84 Å². The van der Waals surface area contributed by atoms with Crippen LogP contribution >= 0.6 is 0 Å². The summed E-state index contributed by atoms with van der Waals surface area (Å²) >= 11 is 0. The van der Waals surface area contributed by atoms with Gasteiger partial charge in [0.05, 0.1) is 39.1 Å². The first-order chi connectivity index (χ1) is 16.2. The van der Waals surface area contributed by atoms with Crippen LogP contribution in [-0.2, 0) is 15.6 Å². The van der Waals surface area contributed by atoms with Crippen LogP contribution in [0.5, 0.6) is 28.7 Å². The highest BCUT2D eigenvalue weighted by molar-refractivity contribution is 7.90. The molecule has 0 aliphatic rings. The fourth-order valence-corrected chi connectivity index (χ4v) is 4.96. The zero-order chi connectivity index (χ0) is 24.9. The van der Waals surface area contributed by atoms with Gasteiger partial charge in [0.1, 0.15) is 0 Å². The van der Waals surface area contributed by atoms with Crippen molar-refractivity contribution in [2.24, 2.45) is 0 Å². The van der Waals surface area contributed by atoms with Crippen molar-refractivity contribution in [3.63, 3.8) is 0 Å². The highest BCUT2D eigenvalue weighted by atomic mass is 32.2. The molecule has 0 atom stereocenters. The Bertz CT molecular complexity index is 1270. The number of aromatic hydroxyl groups is 1. The van der Waals surface area contributed by atoms with E-state index in [1.807, 2.05) is 6.92 Å². The minimum atomic E-state index is -3.70. The molecule has 0 fully saturated rings. The first-order valence-corrected chi connectivity index (χ1v) is 12.1. The Kier molecular flexibility index (Phi) is 7.73. The summed E-state index contributed by atoms with van der Waals surface area (Å²) in [7, 11) is 2.29. The number of methoxy groups -OCH3 is 4. The van der Waals surface area contributed by atoms with Gasteiger partial charge in [0.2, 0.25) is 5.75 Å². The summed E-state index contributed by atoms with van der Waals surface area (Å²) < 4.78 is 47.8. The number of hydrogen-bond acceptors (Lipinski definition) is 7. The smallest absolute Gasteiger partial charge is 0.203 e. The van der Waals surface area contributed by atoms with Gasteiger partial charge in [-0.2, -0.15) is 0 Å². The highest BCUT2D eigenvalue weighted by Gasteiger charge is 2.22. The number of phenols is 1. The molecular formula is C26H28O7S. The molecule has 34 heavy (non-hydrogen) atoms. The number of phenolic OH excluding ortho intramolecular Hbond substituents is 1. The molecule has 3 aromatic rings.